The second-order valence-corrected chi connectivity index (χ2v) is 15.7. The van der Waals surface area contributed by atoms with Crippen LogP contribution in [0.15, 0.2) is 200 Å². The zero-order valence-electron chi connectivity index (χ0n) is 31.5. The number of anilines is 3. The molecule has 10 aromatic carbocycles. The highest BCUT2D eigenvalue weighted by molar-refractivity contribution is 6.14. The molecule has 0 fully saturated rings. The van der Waals surface area contributed by atoms with Crippen LogP contribution in [0.2, 0.25) is 0 Å². The average Bonchev–Trinajstić information content (AvgIpc) is 3.48. The van der Waals surface area contributed by atoms with Gasteiger partial charge in [-0.2, -0.15) is 0 Å². The van der Waals surface area contributed by atoms with E-state index in [1.807, 2.05) is 0 Å². The van der Waals surface area contributed by atoms with Gasteiger partial charge in [-0.25, -0.2) is 0 Å². The Hall–Kier alpha value is -6.96. The third kappa shape index (κ3) is 5.08. The van der Waals surface area contributed by atoms with Gasteiger partial charge in [0.05, 0.1) is 0 Å². The van der Waals surface area contributed by atoms with Crippen LogP contribution >= 0.6 is 0 Å². The number of fused-ring (bicyclic) bond motifs is 8. The molecule has 11 rings (SSSR count). The maximum absolute atomic E-state index is 2.43. The van der Waals surface area contributed by atoms with Crippen molar-refractivity contribution in [3.8, 4) is 33.4 Å². The molecule has 0 heterocycles. The van der Waals surface area contributed by atoms with Crippen molar-refractivity contribution in [3.05, 3.63) is 211 Å². The van der Waals surface area contributed by atoms with Crippen molar-refractivity contribution in [2.75, 3.05) is 4.90 Å². The molecule has 1 nitrogen and oxygen atoms in total. The summed E-state index contributed by atoms with van der Waals surface area (Å²) in [5.74, 6) is 0. The molecule has 0 saturated heterocycles. The Balaban J connectivity index is 0.997. The summed E-state index contributed by atoms with van der Waals surface area (Å²) in [7, 11) is 0. The van der Waals surface area contributed by atoms with E-state index in [2.05, 4.69) is 219 Å². The number of rotatable bonds is 5. The molecule has 0 radical (unpaired) electrons. The first-order chi connectivity index (χ1) is 27.5. The molecule has 0 unspecified atom stereocenters. The molecule has 10 aromatic rings. The third-order valence-corrected chi connectivity index (χ3v) is 12.2. The van der Waals surface area contributed by atoms with Crippen molar-refractivity contribution < 1.29 is 0 Å². The number of hydrogen-bond acceptors (Lipinski definition) is 1. The lowest BCUT2D eigenvalue weighted by Crippen LogP contribution is -2.16. The van der Waals surface area contributed by atoms with Crippen molar-refractivity contribution in [1.82, 2.24) is 0 Å². The molecule has 0 saturated carbocycles. The quantitative estimate of drug-likeness (QED) is 0.161. The Bertz CT molecular complexity index is 3170. The van der Waals surface area contributed by atoms with Gasteiger partial charge in [0.25, 0.3) is 0 Å². The first kappa shape index (κ1) is 32.5. The summed E-state index contributed by atoms with van der Waals surface area (Å²) in [6.45, 7) is 4.76. The highest BCUT2D eigenvalue weighted by Crippen LogP contribution is 2.52. The molecule has 0 bridgehead atoms. The van der Waals surface area contributed by atoms with Crippen LogP contribution in [0.1, 0.15) is 25.0 Å². The number of para-hydroxylation sites is 1. The van der Waals surface area contributed by atoms with E-state index in [0.717, 1.165) is 17.1 Å². The standard InChI is InChI=1S/C55H39N/c1-55(2)53-34-41(46-22-12-15-36-13-6-8-18-45(36)46)26-29-50(53)51-30-28-44(35-54(51)55)56(42-16-4-3-5-17-42)43-27-25-37-31-40(24-23-38(37)32-43)52-33-39-14-7-9-19-47(39)48-20-10-11-21-49(48)52/h3-35H,1-2H3. The van der Waals surface area contributed by atoms with Gasteiger partial charge in [-0.05, 0) is 142 Å². The lowest BCUT2D eigenvalue weighted by Gasteiger charge is -2.28. The van der Waals surface area contributed by atoms with E-state index in [0.29, 0.717) is 0 Å². The summed E-state index contributed by atoms with van der Waals surface area (Å²) in [6, 6.07) is 73.9. The van der Waals surface area contributed by atoms with Gasteiger partial charge in [-0.1, -0.05) is 159 Å². The summed E-state index contributed by atoms with van der Waals surface area (Å²) in [6.07, 6.45) is 0. The van der Waals surface area contributed by atoms with Gasteiger partial charge in [-0.3, -0.25) is 0 Å². The zero-order chi connectivity index (χ0) is 37.4. The summed E-state index contributed by atoms with van der Waals surface area (Å²) in [5.41, 5.74) is 13.7. The van der Waals surface area contributed by atoms with Crippen LogP contribution in [0.3, 0.4) is 0 Å². The molecular weight excluding hydrogens is 675 g/mol. The van der Waals surface area contributed by atoms with Gasteiger partial charge in [0.2, 0.25) is 0 Å². The van der Waals surface area contributed by atoms with E-state index in [4.69, 9.17) is 0 Å². The zero-order valence-corrected chi connectivity index (χ0v) is 31.5. The topological polar surface area (TPSA) is 3.24 Å². The predicted octanol–water partition coefficient (Wildman–Crippen LogP) is 15.4. The van der Waals surface area contributed by atoms with Gasteiger partial charge in [0, 0.05) is 22.5 Å². The van der Waals surface area contributed by atoms with Gasteiger partial charge < -0.3 is 4.90 Å². The lowest BCUT2D eigenvalue weighted by molar-refractivity contribution is 0.660. The van der Waals surface area contributed by atoms with Crippen LogP contribution in [-0.4, -0.2) is 0 Å². The van der Waals surface area contributed by atoms with Crippen LogP contribution in [-0.2, 0) is 5.41 Å². The number of hydrogen-bond donors (Lipinski definition) is 0. The highest BCUT2D eigenvalue weighted by Gasteiger charge is 2.36. The largest absolute Gasteiger partial charge is 0.310 e. The molecule has 0 atom stereocenters. The highest BCUT2D eigenvalue weighted by atomic mass is 15.1. The normalized spacial score (nSPS) is 13.0. The fourth-order valence-corrected chi connectivity index (χ4v) is 9.37. The molecule has 56 heavy (non-hydrogen) atoms. The Morgan fingerprint density at radius 3 is 1.71 bits per heavy atom. The Labute approximate surface area is 327 Å². The Kier molecular flexibility index (Phi) is 7.28. The minimum Gasteiger partial charge on any atom is -0.310 e. The van der Waals surface area contributed by atoms with Crippen molar-refractivity contribution in [3.63, 3.8) is 0 Å². The molecule has 1 aliphatic carbocycles. The number of nitrogens with zero attached hydrogens (tertiary/aromatic N) is 1. The molecule has 0 aromatic heterocycles. The predicted molar refractivity (Wildman–Crippen MR) is 240 cm³/mol. The maximum atomic E-state index is 2.43. The molecule has 264 valence electrons. The fourth-order valence-electron chi connectivity index (χ4n) is 9.37. The van der Waals surface area contributed by atoms with E-state index in [1.165, 1.54) is 87.6 Å². The van der Waals surface area contributed by atoms with Gasteiger partial charge >= 0.3 is 0 Å². The SMILES string of the molecule is CC1(C)c2cc(-c3cccc4ccccc34)ccc2-c2ccc(N(c3ccccc3)c3ccc4cc(-c5cc6ccccc6c6ccccc56)ccc4c3)cc21. The molecule has 0 aliphatic heterocycles. The Morgan fingerprint density at radius 1 is 0.304 bits per heavy atom. The third-order valence-electron chi connectivity index (χ3n) is 12.2. The van der Waals surface area contributed by atoms with Crippen molar-refractivity contribution in [2.45, 2.75) is 19.3 Å². The van der Waals surface area contributed by atoms with E-state index >= 15 is 0 Å². The van der Waals surface area contributed by atoms with Gasteiger partial charge in [0.15, 0.2) is 0 Å². The minimum atomic E-state index is -0.170. The first-order valence-electron chi connectivity index (χ1n) is 19.6. The summed E-state index contributed by atoms with van der Waals surface area (Å²) in [5, 5.41) is 10.1. The average molecular weight is 714 g/mol. The van der Waals surface area contributed by atoms with E-state index < -0.39 is 0 Å². The lowest BCUT2D eigenvalue weighted by atomic mass is 9.81. The minimum absolute atomic E-state index is 0.170. The van der Waals surface area contributed by atoms with E-state index in [1.54, 1.807) is 0 Å². The van der Waals surface area contributed by atoms with E-state index in [-0.39, 0.29) is 5.41 Å². The second kappa shape index (κ2) is 12.5. The van der Waals surface area contributed by atoms with Gasteiger partial charge in [0.1, 0.15) is 0 Å². The molecule has 0 amide bonds. The summed E-state index contributed by atoms with van der Waals surface area (Å²) >= 11 is 0. The van der Waals surface area contributed by atoms with Crippen LogP contribution < -0.4 is 4.90 Å². The fraction of sp³-hybridized carbons (Fsp3) is 0.0545. The van der Waals surface area contributed by atoms with Crippen LogP contribution in [0.4, 0.5) is 17.1 Å². The summed E-state index contributed by atoms with van der Waals surface area (Å²) < 4.78 is 0. The molecule has 0 spiro atoms. The number of benzene rings is 10. The van der Waals surface area contributed by atoms with E-state index in [9.17, 15) is 0 Å². The van der Waals surface area contributed by atoms with Crippen LogP contribution in [0, 0.1) is 0 Å². The molecule has 0 N–H and O–H groups in total. The van der Waals surface area contributed by atoms with Crippen molar-refractivity contribution in [1.29, 1.82) is 0 Å². The molecule has 1 heteroatoms. The second-order valence-electron chi connectivity index (χ2n) is 15.7. The first-order valence-corrected chi connectivity index (χ1v) is 19.6. The van der Waals surface area contributed by atoms with Gasteiger partial charge in [-0.15, -0.1) is 0 Å². The van der Waals surface area contributed by atoms with Crippen LogP contribution in [0.25, 0.3) is 76.5 Å². The smallest absolute Gasteiger partial charge is 0.0468 e. The maximum Gasteiger partial charge on any atom is 0.0468 e. The monoisotopic (exact) mass is 713 g/mol. The van der Waals surface area contributed by atoms with Crippen LogP contribution in [0.5, 0.6) is 0 Å². The Morgan fingerprint density at radius 2 is 0.875 bits per heavy atom. The summed E-state index contributed by atoms with van der Waals surface area (Å²) in [4.78, 5) is 2.41. The van der Waals surface area contributed by atoms with Crippen molar-refractivity contribution >= 4 is 60.2 Å². The molecular formula is C55H39N. The molecule has 1 aliphatic rings. The van der Waals surface area contributed by atoms with Crippen molar-refractivity contribution in [2.24, 2.45) is 0 Å².